The number of amides is 1. The Morgan fingerprint density at radius 2 is 2.24 bits per heavy atom. The number of rotatable bonds is 2. The molecule has 1 saturated carbocycles. The van der Waals surface area contributed by atoms with E-state index in [9.17, 15) is 9.18 Å². The van der Waals surface area contributed by atoms with Crippen molar-refractivity contribution in [3.05, 3.63) is 34.1 Å². The summed E-state index contributed by atoms with van der Waals surface area (Å²) >= 11 is 3.24. The number of carbonyl (C=O) groups is 1. The second-order valence-corrected chi connectivity index (χ2v) is 5.15. The Morgan fingerprint density at radius 3 is 2.88 bits per heavy atom. The molecule has 2 rings (SSSR count). The fourth-order valence-corrected chi connectivity index (χ4v) is 2.51. The van der Waals surface area contributed by atoms with Crippen molar-refractivity contribution < 1.29 is 9.18 Å². The highest BCUT2D eigenvalue weighted by Gasteiger charge is 2.26. The van der Waals surface area contributed by atoms with Gasteiger partial charge in [0.05, 0.1) is 5.56 Å². The molecule has 0 spiro atoms. The summed E-state index contributed by atoms with van der Waals surface area (Å²) in [5.74, 6) is -0.701. The molecule has 0 bridgehead atoms. The van der Waals surface area contributed by atoms with Crippen molar-refractivity contribution in [3.63, 3.8) is 0 Å². The van der Waals surface area contributed by atoms with Gasteiger partial charge in [-0.1, -0.05) is 0 Å². The van der Waals surface area contributed by atoms with Gasteiger partial charge in [-0.05, 0) is 53.4 Å². The van der Waals surface area contributed by atoms with Crippen molar-refractivity contribution in [1.82, 2.24) is 5.32 Å². The second-order valence-electron chi connectivity index (χ2n) is 4.30. The highest BCUT2D eigenvalue weighted by Crippen LogP contribution is 2.20. The molecule has 1 aliphatic carbocycles. The fraction of sp³-hybridized carbons (Fsp3) is 0.417. The van der Waals surface area contributed by atoms with Crippen LogP contribution >= 0.6 is 15.9 Å². The molecule has 3 nitrogen and oxygen atoms in total. The van der Waals surface area contributed by atoms with Gasteiger partial charge < -0.3 is 11.1 Å². The first kappa shape index (κ1) is 12.5. The summed E-state index contributed by atoms with van der Waals surface area (Å²) in [7, 11) is 0. The molecule has 0 heterocycles. The van der Waals surface area contributed by atoms with Gasteiger partial charge in [-0.2, -0.15) is 0 Å². The molecule has 0 radical (unpaired) electrons. The van der Waals surface area contributed by atoms with Crippen LogP contribution in [-0.2, 0) is 0 Å². The van der Waals surface area contributed by atoms with E-state index in [2.05, 4.69) is 21.2 Å². The lowest BCUT2D eigenvalue weighted by molar-refractivity contribution is 0.0933. The number of benzene rings is 1. The average Bonchev–Trinajstić information content (AvgIpc) is 2.68. The minimum atomic E-state index is -0.422. The van der Waals surface area contributed by atoms with Gasteiger partial charge in [0, 0.05) is 16.6 Å². The maximum atomic E-state index is 13.1. The molecule has 92 valence electrons. The molecule has 1 amide bonds. The van der Waals surface area contributed by atoms with E-state index >= 15 is 0 Å². The van der Waals surface area contributed by atoms with Crippen LogP contribution in [0.25, 0.3) is 0 Å². The van der Waals surface area contributed by atoms with Gasteiger partial charge in [0.1, 0.15) is 5.82 Å². The Kier molecular flexibility index (Phi) is 3.79. The van der Waals surface area contributed by atoms with Crippen molar-refractivity contribution in [1.29, 1.82) is 0 Å². The lowest BCUT2D eigenvalue weighted by Crippen LogP contribution is -2.44. The summed E-state index contributed by atoms with van der Waals surface area (Å²) in [5.41, 5.74) is 6.18. The molecule has 1 aliphatic rings. The molecule has 3 N–H and O–H groups in total. The quantitative estimate of drug-likeness (QED) is 0.880. The van der Waals surface area contributed by atoms with Crippen molar-refractivity contribution in [2.45, 2.75) is 31.3 Å². The number of hydrogen-bond donors (Lipinski definition) is 2. The monoisotopic (exact) mass is 300 g/mol. The van der Waals surface area contributed by atoms with E-state index in [1.54, 1.807) is 0 Å². The zero-order valence-electron chi connectivity index (χ0n) is 9.25. The fourth-order valence-electron chi connectivity index (χ4n) is 2.09. The summed E-state index contributed by atoms with van der Waals surface area (Å²) in [5, 5.41) is 2.85. The van der Waals surface area contributed by atoms with E-state index in [-0.39, 0.29) is 18.0 Å². The first-order chi connectivity index (χ1) is 8.08. The zero-order chi connectivity index (χ0) is 12.4. The summed E-state index contributed by atoms with van der Waals surface area (Å²) in [4.78, 5) is 12.0. The Labute approximate surface area is 108 Å². The minimum absolute atomic E-state index is 0.00216. The van der Waals surface area contributed by atoms with Crippen LogP contribution in [0.2, 0.25) is 0 Å². The third kappa shape index (κ3) is 2.84. The molecular weight excluding hydrogens is 287 g/mol. The maximum absolute atomic E-state index is 13.1. The summed E-state index contributed by atoms with van der Waals surface area (Å²) in [6.45, 7) is 0. The molecular formula is C12H14BrFN2O. The van der Waals surface area contributed by atoms with Crippen LogP contribution in [0.4, 0.5) is 4.39 Å². The predicted octanol–water partition coefficient (Wildman–Crippen LogP) is 2.20. The van der Waals surface area contributed by atoms with E-state index in [0.29, 0.717) is 10.0 Å². The van der Waals surface area contributed by atoms with Crippen molar-refractivity contribution in [2.24, 2.45) is 5.73 Å². The summed E-state index contributed by atoms with van der Waals surface area (Å²) in [6.07, 6.45) is 2.84. The first-order valence-corrected chi connectivity index (χ1v) is 6.38. The third-order valence-corrected chi connectivity index (χ3v) is 3.75. The minimum Gasteiger partial charge on any atom is -0.348 e. The van der Waals surface area contributed by atoms with E-state index < -0.39 is 5.82 Å². The van der Waals surface area contributed by atoms with Crippen LogP contribution in [0, 0.1) is 5.82 Å². The normalized spacial score (nSPS) is 23.7. The largest absolute Gasteiger partial charge is 0.348 e. The van der Waals surface area contributed by atoms with Crippen LogP contribution in [0.5, 0.6) is 0 Å². The van der Waals surface area contributed by atoms with E-state index in [1.807, 2.05) is 0 Å². The van der Waals surface area contributed by atoms with Gasteiger partial charge in [-0.15, -0.1) is 0 Å². The van der Waals surface area contributed by atoms with E-state index in [4.69, 9.17) is 5.73 Å². The first-order valence-electron chi connectivity index (χ1n) is 5.59. The zero-order valence-corrected chi connectivity index (χ0v) is 10.8. The lowest BCUT2D eigenvalue weighted by Gasteiger charge is -2.17. The van der Waals surface area contributed by atoms with Crippen molar-refractivity contribution >= 4 is 21.8 Å². The lowest BCUT2D eigenvalue weighted by atomic mass is 10.1. The number of carbonyl (C=O) groups excluding carboxylic acids is 1. The maximum Gasteiger partial charge on any atom is 0.252 e. The third-order valence-electron chi connectivity index (χ3n) is 3.06. The van der Waals surface area contributed by atoms with Gasteiger partial charge in [0.2, 0.25) is 0 Å². The van der Waals surface area contributed by atoms with Crippen LogP contribution in [0.15, 0.2) is 22.7 Å². The van der Waals surface area contributed by atoms with Gasteiger partial charge in [-0.3, -0.25) is 4.79 Å². The van der Waals surface area contributed by atoms with Gasteiger partial charge in [0.25, 0.3) is 5.91 Å². The molecule has 0 aliphatic heterocycles. The topological polar surface area (TPSA) is 55.1 Å². The highest BCUT2D eigenvalue weighted by molar-refractivity contribution is 9.10. The van der Waals surface area contributed by atoms with Crippen LogP contribution in [0.3, 0.4) is 0 Å². The molecule has 2 atom stereocenters. The van der Waals surface area contributed by atoms with E-state index in [0.717, 1.165) is 19.3 Å². The standard InChI is InChI=1S/C12H14BrFN2O/c13-9-5-4-7(14)6-8(9)12(17)16-11-3-1-2-10(11)15/h4-6,10-11H,1-3,15H2,(H,16,17). The summed E-state index contributed by atoms with van der Waals surface area (Å²) < 4.78 is 13.7. The number of hydrogen-bond acceptors (Lipinski definition) is 2. The molecule has 2 unspecified atom stereocenters. The second kappa shape index (κ2) is 5.14. The molecule has 1 aromatic carbocycles. The molecule has 1 aromatic rings. The van der Waals surface area contributed by atoms with Crippen LogP contribution < -0.4 is 11.1 Å². The van der Waals surface area contributed by atoms with Crippen LogP contribution in [0.1, 0.15) is 29.6 Å². The van der Waals surface area contributed by atoms with Crippen LogP contribution in [-0.4, -0.2) is 18.0 Å². The van der Waals surface area contributed by atoms with Gasteiger partial charge >= 0.3 is 0 Å². The number of nitrogens with two attached hydrogens (primary N) is 1. The Morgan fingerprint density at radius 1 is 1.47 bits per heavy atom. The number of nitrogens with one attached hydrogen (secondary N) is 1. The molecule has 5 heteroatoms. The Balaban J connectivity index is 2.11. The van der Waals surface area contributed by atoms with Gasteiger partial charge in [0.15, 0.2) is 0 Å². The van der Waals surface area contributed by atoms with Gasteiger partial charge in [-0.25, -0.2) is 4.39 Å². The van der Waals surface area contributed by atoms with Crippen molar-refractivity contribution in [3.8, 4) is 0 Å². The van der Waals surface area contributed by atoms with E-state index in [1.165, 1.54) is 18.2 Å². The molecule has 0 aromatic heterocycles. The van der Waals surface area contributed by atoms with Crippen molar-refractivity contribution in [2.75, 3.05) is 0 Å². The smallest absolute Gasteiger partial charge is 0.252 e. The summed E-state index contributed by atoms with van der Waals surface area (Å²) in [6, 6.07) is 4.06. The Bertz CT molecular complexity index is 439. The predicted molar refractivity (Wildman–Crippen MR) is 67.2 cm³/mol. The molecule has 17 heavy (non-hydrogen) atoms. The molecule has 0 saturated heterocycles. The average molecular weight is 301 g/mol. The SMILES string of the molecule is NC1CCCC1NC(=O)c1cc(F)ccc1Br. The number of halogens is 2. The highest BCUT2D eigenvalue weighted by atomic mass is 79.9. The Hall–Kier alpha value is -0.940. The molecule has 1 fully saturated rings.